The molecule has 0 aromatic carbocycles. The van der Waals surface area contributed by atoms with E-state index in [0.29, 0.717) is 0 Å². The SMILES string of the molecule is BrCCC=Cc1ncc(Br)cn1. The van der Waals surface area contributed by atoms with E-state index in [1.807, 2.05) is 12.2 Å². The highest BCUT2D eigenvalue weighted by Gasteiger charge is 1.88. The Morgan fingerprint density at radius 3 is 2.58 bits per heavy atom. The second-order valence-electron chi connectivity index (χ2n) is 2.14. The van der Waals surface area contributed by atoms with Gasteiger partial charge in [0.2, 0.25) is 0 Å². The van der Waals surface area contributed by atoms with Crippen LogP contribution in [0.3, 0.4) is 0 Å². The molecule has 0 saturated carbocycles. The molecule has 0 atom stereocenters. The van der Waals surface area contributed by atoms with Crippen LogP contribution in [0.2, 0.25) is 0 Å². The number of rotatable bonds is 3. The maximum absolute atomic E-state index is 4.09. The summed E-state index contributed by atoms with van der Waals surface area (Å²) in [7, 11) is 0. The lowest BCUT2D eigenvalue weighted by Crippen LogP contribution is -1.84. The van der Waals surface area contributed by atoms with Crippen molar-refractivity contribution in [2.45, 2.75) is 6.42 Å². The molecule has 4 heteroatoms. The van der Waals surface area contributed by atoms with Crippen molar-refractivity contribution < 1.29 is 0 Å². The first-order valence-electron chi connectivity index (χ1n) is 3.53. The molecule has 0 radical (unpaired) electrons. The monoisotopic (exact) mass is 290 g/mol. The fraction of sp³-hybridized carbons (Fsp3) is 0.250. The Bertz CT molecular complexity index is 256. The van der Waals surface area contributed by atoms with Crippen LogP contribution in [-0.2, 0) is 0 Å². The second kappa shape index (κ2) is 5.43. The van der Waals surface area contributed by atoms with Gasteiger partial charge in [-0.2, -0.15) is 0 Å². The zero-order valence-corrected chi connectivity index (χ0v) is 9.55. The summed E-state index contributed by atoms with van der Waals surface area (Å²) in [5, 5.41) is 0.972. The zero-order chi connectivity index (χ0) is 8.81. The molecule has 0 bridgehead atoms. The Labute approximate surface area is 88.4 Å². The molecule has 1 aromatic heterocycles. The van der Waals surface area contributed by atoms with Crippen molar-refractivity contribution in [1.82, 2.24) is 9.97 Å². The highest BCUT2D eigenvalue weighted by molar-refractivity contribution is 9.10. The molecule has 2 nitrogen and oxygen atoms in total. The van der Waals surface area contributed by atoms with Crippen LogP contribution in [0.25, 0.3) is 6.08 Å². The number of alkyl halides is 1. The Balaban J connectivity index is 2.58. The van der Waals surface area contributed by atoms with Crippen LogP contribution in [0.4, 0.5) is 0 Å². The van der Waals surface area contributed by atoms with E-state index in [-0.39, 0.29) is 0 Å². The third kappa shape index (κ3) is 3.45. The first kappa shape index (κ1) is 9.86. The van der Waals surface area contributed by atoms with Crippen LogP contribution < -0.4 is 0 Å². The molecule has 0 spiro atoms. The van der Waals surface area contributed by atoms with Gasteiger partial charge in [0.1, 0.15) is 0 Å². The van der Waals surface area contributed by atoms with E-state index in [1.165, 1.54) is 0 Å². The maximum Gasteiger partial charge on any atom is 0.151 e. The number of hydrogen-bond donors (Lipinski definition) is 0. The molecular weight excluding hydrogens is 284 g/mol. The topological polar surface area (TPSA) is 25.8 Å². The van der Waals surface area contributed by atoms with E-state index in [9.17, 15) is 0 Å². The van der Waals surface area contributed by atoms with Gasteiger partial charge in [0.25, 0.3) is 0 Å². The summed E-state index contributed by atoms with van der Waals surface area (Å²) in [6.45, 7) is 0. The van der Waals surface area contributed by atoms with E-state index in [4.69, 9.17) is 0 Å². The van der Waals surface area contributed by atoms with Gasteiger partial charge in [-0.25, -0.2) is 9.97 Å². The van der Waals surface area contributed by atoms with Crippen molar-refractivity contribution in [2.24, 2.45) is 0 Å². The van der Waals surface area contributed by atoms with Crippen molar-refractivity contribution in [2.75, 3.05) is 5.33 Å². The molecule has 12 heavy (non-hydrogen) atoms. The maximum atomic E-state index is 4.09. The smallest absolute Gasteiger partial charge is 0.151 e. The van der Waals surface area contributed by atoms with Crippen LogP contribution in [0.5, 0.6) is 0 Å². The van der Waals surface area contributed by atoms with Gasteiger partial charge in [0, 0.05) is 17.7 Å². The second-order valence-corrected chi connectivity index (χ2v) is 3.85. The van der Waals surface area contributed by atoms with Crippen LogP contribution in [0.1, 0.15) is 12.2 Å². The van der Waals surface area contributed by atoms with E-state index in [2.05, 4.69) is 41.8 Å². The molecule has 0 amide bonds. The minimum absolute atomic E-state index is 0.749. The summed E-state index contributed by atoms with van der Waals surface area (Å²) in [5.74, 6) is 0.749. The summed E-state index contributed by atoms with van der Waals surface area (Å²) in [5.41, 5.74) is 0. The number of nitrogens with zero attached hydrogens (tertiary/aromatic N) is 2. The van der Waals surface area contributed by atoms with E-state index in [0.717, 1.165) is 22.0 Å². The number of allylic oxidation sites excluding steroid dienone is 1. The Hall–Kier alpha value is -0.220. The third-order valence-corrected chi connectivity index (χ3v) is 2.05. The van der Waals surface area contributed by atoms with Gasteiger partial charge in [0.15, 0.2) is 5.82 Å². The number of aromatic nitrogens is 2. The molecule has 0 aliphatic heterocycles. The standard InChI is InChI=1S/C8H8Br2N2/c9-4-2-1-3-8-11-5-7(10)6-12-8/h1,3,5-6H,2,4H2. The molecule has 0 aliphatic rings. The van der Waals surface area contributed by atoms with Gasteiger partial charge in [-0.05, 0) is 28.4 Å². The molecular formula is C8H8Br2N2. The van der Waals surface area contributed by atoms with Crippen LogP contribution in [0.15, 0.2) is 22.9 Å². The average molecular weight is 292 g/mol. The van der Waals surface area contributed by atoms with Gasteiger partial charge in [0.05, 0.1) is 4.47 Å². The van der Waals surface area contributed by atoms with E-state index >= 15 is 0 Å². The minimum atomic E-state index is 0.749. The van der Waals surface area contributed by atoms with Crippen molar-refractivity contribution in [3.8, 4) is 0 Å². The third-order valence-electron chi connectivity index (χ3n) is 1.18. The van der Waals surface area contributed by atoms with Gasteiger partial charge < -0.3 is 0 Å². The lowest BCUT2D eigenvalue weighted by atomic mass is 10.4. The van der Waals surface area contributed by atoms with Crippen molar-refractivity contribution in [3.63, 3.8) is 0 Å². The minimum Gasteiger partial charge on any atom is -0.236 e. The molecule has 1 aromatic rings. The molecule has 64 valence electrons. The predicted octanol–water partition coefficient (Wildman–Crippen LogP) is 3.04. The lowest BCUT2D eigenvalue weighted by Gasteiger charge is -1.90. The zero-order valence-electron chi connectivity index (χ0n) is 6.37. The first-order chi connectivity index (χ1) is 5.83. The highest BCUT2D eigenvalue weighted by Crippen LogP contribution is 2.05. The Morgan fingerprint density at radius 2 is 2.00 bits per heavy atom. The molecule has 0 fully saturated rings. The van der Waals surface area contributed by atoms with Gasteiger partial charge in [-0.15, -0.1) is 0 Å². The lowest BCUT2D eigenvalue weighted by molar-refractivity contribution is 1.11. The summed E-state index contributed by atoms with van der Waals surface area (Å²) in [6.07, 6.45) is 8.42. The normalized spacial score (nSPS) is 10.8. The molecule has 1 rings (SSSR count). The number of halogens is 2. The molecule has 0 N–H and O–H groups in total. The summed E-state index contributed by atoms with van der Waals surface area (Å²) >= 11 is 6.61. The van der Waals surface area contributed by atoms with Gasteiger partial charge >= 0.3 is 0 Å². The Morgan fingerprint density at radius 1 is 1.33 bits per heavy atom. The highest BCUT2D eigenvalue weighted by atomic mass is 79.9. The van der Waals surface area contributed by atoms with E-state index < -0.39 is 0 Å². The van der Waals surface area contributed by atoms with Crippen LogP contribution in [0, 0.1) is 0 Å². The summed E-state index contributed by atoms with van der Waals surface area (Å²) in [4.78, 5) is 8.18. The summed E-state index contributed by atoms with van der Waals surface area (Å²) < 4.78 is 0.903. The van der Waals surface area contributed by atoms with Crippen molar-refractivity contribution in [3.05, 3.63) is 28.8 Å². The van der Waals surface area contributed by atoms with Crippen LogP contribution in [-0.4, -0.2) is 15.3 Å². The molecule has 0 saturated heterocycles. The average Bonchev–Trinajstić information content (AvgIpc) is 2.09. The van der Waals surface area contributed by atoms with Crippen molar-refractivity contribution in [1.29, 1.82) is 0 Å². The molecule has 0 aliphatic carbocycles. The largest absolute Gasteiger partial charge is 0.236 e. The molecule has 0 unspecified atom stereocenters. The van der Waals surface area contributed by atoms with Crippen molar-refractivity contribution >= 4 is 37.9 Å². The fourth-order valence-corrected chi connectivity index (χ4v) is 1.13. The van der Waals surface area contributed by atoms with Crippen LogP contribution >= 0.6 is 31.9 Å². The fourth-order valence-electron chi connectivity index (χ4n) is 0.660. The van der Waals surface area contributed by atoms with Gasteiger partial charge in [-0.1, -0.05) is 22.0 Å². The first-order valence-corrected chi connectivity index (χ1v) is 5.44. The predicted molar refractivity (Wildman–Crippen MR) is 57.2 cm³/mol. The number of hydrogen-bond acceptors (Lipinski definition) is 2. The van der Waals surface area contributed by atoms with Gasteiger partial charge in [-0.3, -0.25) is 0 Å². The Kier molecular flexibility index (Phi) is 4.46. The van der Waals surface area contributed by atoms with E-state index in [1.54, 1.807) is 12.4 Å². The summed E-state index contributed by atoms with van der Waals surface area (Å²) in [6, 6.07) is 0. The molecule has 1 heterocycles. The quantitative estimate of drug-likeness (QED) is 0.800.